The molecule has 1 aliphatic heterocycles. The molecule has 0 radical (unpaired) electrons. The number of amides is 1. The molecule has 0 saturated carbocycles. The van der Waals surface area contributed by atoms with E-state index >= 15 is 0 Å². The van der Waals surface area contributed by atoms with Crippen LogP contribution in [0.4, 0.5) is 16.2 Å². The maximum atomic E-state index is 12.0. The highest BCUT2D eigenvalue weighted by Gasteiger charge is 2.17. The number of rotatable bonds is 6. The number of carbonyl (C=O) groups is 1. The van der Waals surface area contributed by atoms with Gasteiger partial charge in [0.1, 0.15) is 12.4 Å². The number of benzene rings is 2. The van der Waals surface area contributed by atoms with Gasteiger partial charge in [-0.1, -0.05) is 29.8 Å². The molecule has 1 N–H and O–H groups in total. The molecular formula is C20H24ClN3O3. The molecule has 0 aliphatic carbocycles. The van der Waals surface area contributed by atoms with Crippen LogP contribution in [0.25, 0.3) is 0 Å². The molecule has 27 heavy (non-hydrogen) atoms. The zero-order chi connectivity index (χ0) is 19.1. The van der Waals surface area contributed by atoms with E-state index in [1.807, 2.05) is 30.3 Å². The van der Waals surface area contributed by atoms with E-state index in [1.54, 1.807) is 19.2 Å². The van der Waals surface area contributed by atoms with Crippen LogP contribution < -0.4 is 15.0 Å². The molecule has 7 heteroatoms. The predicted molar refractivity (Wildman–Crippen MR) is 108 cm³/mol. The summed E-state index contributed by atoms with van der Waals surface area (Å²) in [5, 5.41) is 3.46. The quantitative estimate of drug-likeness (QED) is 0.816. The number of hydrogen-bond donors (Lipinski definition) is 1. The van der Waals surface area contributed by atoms with Gasteiger partial charge in [0.15, 0.2) is 0 Å². The summed E-state index contributed by atoms with van der Waals surface area (Å²) >= 11 is 6.07. The van der Waals surface area contributed by atoms with E-state index in [-0.39, 0.29) is 0 Å². The van der Waals surface area contributed by atoms with Crippen molar-refractivity contribution in [2.45, 2.75) is 0 Å². The van der Waals surface area contributed by atoms with Crippen molar-refractivity contribution in [3.63, 3.8) is 0 Å². The Morgan fingerprint density at radius 1 is 1.11 bits per heavy atom. The van der Waals surface area contributed by atoms with Gasteiger partial charge in [-0.3, -0.25) is 10.2 Å². The van der Waals surface area contributed by atoms with Crippen molar-refractivity contribution in [1.82, 2.24) is 4.90 Å². The summed E-state index contributed by atoms with van der Waals surface area (Å²) in [5.41, 5.74) is 1.75. The van der Waals surface area contributed by atoms with Crippen LogP contribution in [0, 0.1) is 0 Å². The lowest BCUT2D eigenvalue weighted by atomic mass is 10.2. The number of piperazine rings is 1. The van der Waals surface area contributed by atoms with Gasteiger partial charge in [0, 0.05) is 43.4 Å². The third kappa shape index (κ3) is 5.52. The second-order valence-corrected chi connectivity index (χ2v) is 6.71. The third-order valence-corrected chi connectivity index (χ3v) is 4.77. The van der Waals surface area contributed by atoms with Gasteiger partial charge in [0.2, 0.25) is 0 Å². The lowest BCUT2D eigenvalue weighted by Gasteiger charge is -2.36. The number of para-hydroxylation sites is 2. The molecule has 0 aromatic heterocycles. The maximum absolute atomic E-state index is 12.0. The van der Waals surface area contributed by atoms with Crippen LogP contribution in [0.5, 0.6) is 5.75 Å². The van der Waals surface area contributed by atoms with Crippen molar-refractivity contribution in [2.75, 3.05) is 56.7 Å². The maximum Gasteiger partial charge on any atom is 0.411 e. The molecule has 3 rings (SSSR count). The van der Waals surface area contributed by atoms with E-state index in [2.05, 4.69) is 21.2 Å². The highest BCUT2D eigenvalue weighted by atomic mass is 35.5. The van der Waals surface area contributed by atoms with Gasteiger partial charge in [-0.05, 0) is 30.3 Å². The second kappa shape index (κ2) is 9.48. The molecular weight excluding hydrogens is 366 g/mol. The normalized spacial score (nSPS) is 14.7. The Kier molecular flexibility index (Phi) is 6.79. The first-order valence-electron chi connectivity index (χ1n) is 8.95. The molecule has 2 aromatic carbocycles. The number of nitrogens with one attached hydrogen (secondary N) is 1. The Hall–Kier alpha value is -2.44. The van der Waals surface area contributed by atoms with Gasteiger partial charge >= 0.3 is 6.09 Å². The number of hydrogen-bond acceptors (Lipinski definition) is 5. The van der Waals surface area contributed by atoms with Crippen LogP contribution >= 0.6 is 11.6 Å². The lowest BCUT2D eigenvalue weighted by Crippen LogP contribution is -2.47. The number of halogens is 1. The average molecular weight is 390 g/mol. The third-order valence-electron chi connectivity index (χ3n) is 4.53. The monoisotopic (exact) mass is 389 g/mol. The van der Waals surface area contributed by atoms with Crippen LogP contribution in [-0.2, 0) is 4.74 Å². The van der Waals surface area contributed by atoms with Crippen molar-refractivity contribution >= 4 is 29.1 Å². The van der Waals surface area contributed by atoms with E-state index in [0.29, 0.717) is 24.6 Å². The zero-order valence-corrected chi connectivity index (χ0v) is 16.1. The number of anilines is 2. The highest BCUT2D eigenvalue weighted by Crippen LogP contribution is 2.23. The molecule has 1 saturated heterocycles. The summed E-state index contributed by atoms with van der Waals surface area (Å²) in [6.07, 6.45) is -0.475. The average Bonchev–Trinajstić information content (AvgIpc) is 2.69. The van der Waals surface area contributed by atoms with Gasteiger partial charge in [-0.25, -0.2) is 4.79 Å². The molecule has 6 nitrogen and oxygen atoms in total. The number of carbonyl (C=O) groups excluding carboxylic acids is 1. The van der Waals surface area contributed by atoms with Crippen LogP contribution in [0.15, 0.2) is 48.5 Å². The van der Waals surface area contributed by atoms with E-state index in [9.17, 15) is 4.79 Å². The SMILES string of the molecule is COc1ccccc1NC(=O)OCCN1CCN(c2cccc(Cl)c2)CC1. The number of ether oxygens (including phenoxy) is 2. The molecule has 0 spiro atoms. The van der Waals surface area contributed by atoms with Gasteiger partial charge in [-0.15, -0.1) is 0 Å². The molecule has 1 fully saturated rings. The van der Waals surface area contributed by atoms with Crippen molar-refractivity contribution < 1.29 is 14.3 Å². The van der Waals surface area contributed by atoms with Gasteiger partial charge in [0.05, 0.1) is 12.8 Å². The fraction of sp³-hybridized carbons (Fsp3) is 0.350. The van der Waals surface area contributed by atoms with Crippen molar-refractivity contribution in [1.29, 1.82) is 0 Å². The van der Waals surface area contributed by atoms with Crippen LogP contribution in [0.2, 0.25) is 5.02 Å². The fourth-order valence-electron chi connectivity index (χ4n) is 3.06. The predicted octanol–water partition coefficient (Wildman–Crippen LogP) is 3.72. The summed E-state index contributed by atoms with van der Waals surface area (Å²) < 4.78 is 10.5. The first-order valence-corrected chi connectivity index (χ1v) is 9.33. The second-order valence-electron chi connectivity index (χ2n) is 6.27. The molecule has 0 atom stereocenters. The Morgan fingerprint density at radius 3 is 2.63 bits per heavy atom. The van der Waals surface area contributed by atoms with E-state index in [0.717, 1.165) is 36.9 Å². The Bertz CT molecular complexity index is 764. The Labute approximate surface area is 164 Å². The molecule has 144 valence electrons. The molecule has 1 heterocycles. The minimum Gasteiger partial charge on any atom is -0.495 e. The summed E-state index contributed by atoms with van der Waals surface area (Å²) in [4.78, 5) is 16.6. The fourth-order valence-corrected chi connectivity index (χ4v) is 3.25. The van der Waals surface area contributed by atoms with E-state index < -0.39 is 6.09 Å². The summed E-state index contributed by atoms with van der Waals surface area (Å²) in [7, 11) is 1.56. The molecule has 0 bridgehead atoms. The lowest BCUT2D eigenvalue weighted by molar-refractivity contribution is 0.137. The first-order chi connectivity index (χ1) is 13.2. The molecule has 1 amide bonds. The number of nitrogens with zero attached hydrogens (tertiary/aromatic N) is 2. The minimum atomic E-state index is -0.475. The Morgan fingerprint density at radius 2 is 1.89 bits per heavy atom. The van der Waals surface area contributed by atoms with Gasteiger partial charge in [-0.2, -0.15) is 0 Å². The van der Waals surface area contributed by atoms with Crippen molar-refractivity contribution in [3.8, 4) is 5.75 Å². The van der Waals surface area contributed by atoms with Crippen molar-refractivity contribution in [3.05, 3.63) is 53.6 Å². The Balaban J connectivity index is 1.38. The topological polar surface area (TPSA) is 54.0 Å². The van der Waals surface area contributed by atoms with Crippen LogP contribution in [0.1, 0.15) is 0 Å². The largest absolute Gasteiger partial charge is 0.495 e. The molecule has 2 aromatic rings. The van der Waals surface area contributed by atoms with Gasteiger partial charge in [0.25, 0.3) is 0 Å². The summed E-state index contributed by atoms with van der Waals surface area (Å²) in [5.74, 6) is 0.603. The molecule has 1 aliphatic rings. The zero-order valence-electron chi connectivity index (χ0n) is 15.4. The smallest absolute Gasteiger partial charge is 0.411 e. The van der Waals surface area contributed by atoms with E-state index in [4.69, 9.17) is 21.1 Å². The standard InChI is InChI=1S/C20H24ClN3O3/c1-26-19-8-3-2-7-18(19)22-20(25)27-14-13-23-9-11-24(12-10-23)17-6-4-5-16(21)15-17/h2-8,15H,9-14H2,1H3,(H,22,25). The molecule has 0 unspecified atom stereocenters. The number of methoxy groups -OCH3 is 1. The first kappa shape index (κ1) is 19.3. The minimum absolute atomic E-state index is 0.345. The van der Waals surface area contributed by atoms with Crippen LogP contribution in [-0.4, -0.2) is 57.4 Å². The van der Waals surface area contributed by atoms with Crippen LogP contribution in [0.3, 0.4) is 0 Å². The highest BCUT2D eigenvalue weighted by molar-refractivity contribution is 6.30. The summed E-state index contributed by atoms with van der Waals surface area (Å²) in [6, 6.07) is 15.2. The van der Waals surface area contributed by atoms with Gasteiger partial charge < -0.3 is 14.4 Å². The van der Waals surface area contributed by atoms with E-state index in [1.165, 1.54) is 0 Å². The van der Waals surface area contributed by atoms with Crippen molar-refractivity contribution in [2.24, 2.45) is 0 Å². The summed E-state index contributed by atoms with van der Waals surface area (Å²) in [6.45, 7) is 4.75.